The molecule has 0 aromatic rings. The van der Waals surface area contributed by atoms with Crippen LogP contribution >= 0.6 is 0 Å². The lowest BCUT2D eigenvalue weighted by atomic mass is 9.39. The Hall–Kier alpha value is -0.910. The molecular formula is C25H35NO4. The van der Waals surface area contributed by atoms with E-state index in [1.165, 1.54) is 12.8 Å². The Morgan fingerprint density at radius 1 is 1.37 bits per heavy atom. The molecule has 9 aliphatic rings. The van der Waals surface area contributed by atoms with Crippen molar-refractivity contribution in [2.45, 2.75) is 83.3 Å². The van der Waals surface area contributed by atoms with Crippen LogP contribution in [0.15, 0.2) is 12.2 Å². The molecule has 3 saturated heterocycles. The number of hydrogen-bond acceptors (Lipinski definition) is 5. The van der Waals surface area contributed by atoms with Gasteiger partial charge in [0.2, 0.25) is 0 Å². The summed E-state index contributed by atoms with van der Waals surface area (Å²) in [6, 6.07) is 0.331. The highest BCUT2D eigenvalue weighted by Crippen LogP contribution is 2.89. The van der Waals surface area contributed by atoms with Gasteiger partial charge in [0.05, 0.1) is 12.0 Å². The van der Waals surface area contributed by atoms with Gasteiger partial charge in [0.25, 0.3) is 0 Å². The van der Waals surface area contributed by atoms with E-state index in [9.17, 15) is 15.0 Å². The van der Waals surface area contributed by atoms with Gasteiger partial charge in [-0.3, -0.25) is 9.69 Å². The Labute approximate surface area is 178 Å². The summed E-state index contributed by atoms with van der Waals surface area (Å²) in [7, 11) is 0. The van der Waals surface area contributed by atoms with Crippen LogP contribution in [-0.4, -0.2) is 51.6 Å². The van der Waals surface area contributed by atoms with Gasteiger partial charge in [0.15, 0.2) is 0 Å². The first-order valence-corrected chi connectivity index (χ1v) is 12.2. The van der Waals surface area contributed by atoms with Crippen molar-refractivity contribution in [3.8, 4) is 0 Å². The van der Waals surface area contributed by atoms with Gasteiger partial charge in [-0.05, 0) is 48.0 Å². The van der Waals surface area contributed by atoms with Crippen LogP contribution in [0, 0.1) is 45.8 Å². The molecule has 9 bridgehead atoms. The molecule has 5 nitrogen and oxygen atoms in total. The average molecular weight is 414 g/mol. The van der Waals surface area contributed by atoms with Crippen LogP contribution in [-0.2, 0) is 9.53 Å². The monoisotopic (exact) mass is 413 g/mol. The molecule has 0 aromatic carbocycles. The minimum absolute atomic E-state index is 0.0246. The molecule has 0 aromatic heterocycles. The normalized spacial score (nSPS) is 64.1. The van der Waals surface area contributed by atoms with Gasteiger partial charge >= 0.3 is 5.97 Å². The molecule has 0 amide bonds. The van der Waals surface area contributed by atoms with Crippen molar-refractivity contribution in [3.05, 3.63) is 12.2 Å². The number of aliphatic hydroxyl groups is 2. The number of aliphatic hydroxyl groups excluding tert-OH is 1. The summed E-state index contributed by atoms with van der Waals surface area (Å²) >= 11 is 0. The van der Waals surface area contributed by atoms with Crippen molar-refractivity contribution in [2.75, 3.05) is 6.54 Å². The van der Waals surface area contributed by atoms with Crippen LogP contribution in [0.25, 0.3) is 0 Å². The molecule has 6 aliphatic carbocycles. The molecule has 13 atom stereocenters. The second-order valence-corrected chi connectivity index (χ2v) is 12.4. The number of rotatable bonds is 3. The van der Waals surface area contributed by atoms with Crippen molar-refractivity contribution < 1.29 is 19.7 Å². The van der Waals surface area contributed by atoms with Crippen LogP contribution in [0.5, 0.6) is 0 Å². The van der Waals surface area contributed by atoms with Crippen LogP contribution in [0.1, 0.15) is 59.3 Å². The lowest BCUT2D eigenvalue weighted by Crippen LogP contribution is -2.72. The summed E-state index contributed by atoms with van der Waals surface area (Å²) < 4.78 is 6.28. The lowest BCUT2D eigenvalue weighted by molar-refractivity contribution is -0.276. The molecule has 3 heterocycles. The fraction of sp³-hybridized carbons (Fsp3) is 0.880. The molecule has 30 heavy (non-hydrogen) atoms. The summed E-state index contributed by atoms with van der Waals surface area (Å²) in [4.78, 5) is 15.4. The highest BCUT2D eigenvalue weighted by molar-refractivity contribution is 5.72. The first-order valence-electron chi connectivity index (χ1n) is 12.2. The minimum atomic E-state index is -0.807. The Balaban J connectivity index is 1.42. The molecule has 6 saturated carbocycles. The SMILES string of the molecule is C=C1C2CC3C4N5CC6(C)CCCC47C(C2O)C3(CC5(O)C67)C1OC(=O)C(C)CC. The van der Waals surface area contributed by atoms with Gasteiger partial charge in [-0.1, -0.05) is 33.8 Å². The summed E-state index contributed by atoms with van der Waals surface area (Å²) in [6.07, 6.45) is 5.03. The summed E-state index contributed by atoms with van der Waals surface area (Å²) in [5.74, 6) is 0.502. The van der Waals surface area contributed by atoms with E-state index in [-0.39, 0.29) is 52.0 Å². The highest BCUT2D eigenvalue weighted by Gasteiger charge is 2.93. The second-order valence-electron chi connectivity index (χ2n) is 12.4. The summed E-state index contributed by atoms with van der Waals surface area (Å²) in [6.45, 7) is 11.7. The fourth-order valence-corrected chi connectivity index (χ4v) is 11.1. The molecule has 2 N–H and O–H groups in total. The van der Waals surface area contributed by atoms with Crippen molar-refractivity contribution in [2.24, 2.45) is 45.8 Å². The van der Waals surface area contributed by atoms with Crippen LogP contribution in [0.2, 0.25) is 0 Å². The van der Waals surface area contributed by atoms with Gasteiger partial charge < -0.3 is 14.9 Å². The number of hydrogen-bond donors (Lipinski definition) is 2. The van der Waals surface area contributed by atoms with E-state index in [2.05, 4.69) is 18.4 Å². The van der Waals surface area contributed by atoms with Gasteiger partial charge in [0.1, 0.15) is 11.8 Å². The number of fused-ring (bicyclic) bond motifs is 1. The van der Waals surface area contributed by atoms with E-state index in [0.717, 1.165) is 31.4 Å². The van der Waals surface area contributed by atoms with Gasteiger partial charge in [-0.15, -0.1) is 0 Å². The smallest absolute Gasteiger partial charge is 0.309 e. The van der Waals surface area contributed by atoms with Crippen molar-refractivity contribution in [3.63, 3.8) is 0 Å². The zero-order valence-electron chi connectivity index (χ0n) is 18.4. The van der Waals surface area contributed by atoms with E-state index in [4.69, 9.17) is 4.74 Å². The molecule has 164 valence electrons. The minimum Gasteiger partial charge on any atom is -0.457 e. The predicted molar refractivity (Wildman–Crippen MR) is 110 cm³/mol. The third kappa shape index (κ3) is 1.52. The zero-order chi connectivity index (χ0) is 21.0. The summed E-state index contributed by atoms with van der Waals surface area (Å²) in [5.41, 5.74) is -0.128. The number of piperidine rings is 2. The standard InChI is InChI=1S/C25H35NO4/c1-5-12(2)20(28)30-19-13(3)14-9-15-18-23-8-6-7-22(4)11-26(18)25(29,21(22)23)10-24(15,19)17(23)16(14)27/h12,14-19,21,27,29H,3,5-11H2,1-2,4H3. The largest absolute Gasteiger partial charge is 0.457 e. The van der Waals surface area contributed by atoms with Crippen molar-refractivity contribution in [1.29, 1.82) is 0 Å². The molecular weight excluding hydrogens is 378 g/mol. The second kappa shape index (κ2) is 5.02. The number of nitrogens with zero attached hydrogens (tertiary/aromatic N) is 1. The van der Waals surface area contributed by atoms with E-state index in [1.807, 2.05) is 13.8 Å². The number of ether oxygens (including phenoxy) is 1. The molecule has 9 fully saturated rings. The van der Waals surface area contributed by atoms with Gasteiger partial charge in [-0.2, -0.15) is 0 Å². The first-order chi connectivity index (χ1) is 14.2. The molecule has 3 aliphatic heterocycles. The zero-order valence-corrected chi connectivity index (χ0v) is 18.4. The Morgan fingerprint density at radius 2 is 2.13 bits per heavy atom. The Kier molecular flexibility index (Phi) is 3.12. The Morgan fingerprint density at radius 3 is 2.87 bits per heavy atom. The van der Waals surface area contributed by atoms with Crippen LogP contribution in [0.3, 0.4) is 0 Å². The number of esters is 1. The maximum atomic E-state index is 12.9. The van der Waals surface area contributed by atoms with Crippen LogP contribution < -0.4 is 0 Å². The van der Waals surface area contributed by atoms with Gasteiger partial charge in [0, 0.05) is 42.2 Å². The molecule has 9 rings (SSSR count). The topological polar surface area (TPSA) is 70.0 Å². The maximum Gasteiger partial charge on any atom is 0.309 e. The van der Waals surface area contributed by atoms with E-state index in [1.54, 1.807) is 0 Å². The quantitative estimate of drug-likeness (QED) is 0.550. The number of carbonyl (C=O) groups is 1. The number of carbonyl (C=O) groups excluding carboxylic acids is 1. The molecule has 13 unspecified atom stereocenters. The van der Waals surface area contributed by atoms with Gasteiger partial charge in [-0.25, -0.2) is 0 Å². The fourth-order valence-electron chi connectivity index (χ4n) is 11.1. The molecule has 0 radical (unpaired) electrons. The molecule has 5 heteroatoms. The maximum absolute atomic E-state index is 12.9. The molecule has 2 spiro atoms. The third-order valence-corrected chi connectivity index (χ3v) is 11.6. The Bertz CT molecular complexity index is 888. The van der Waals surface area contributed by atoms with Crippen molar-refractivity contribution >= 4 is 5.97 Å². The van der Waals surface area contributed by atoms with E-state index in [0.29, 0.717) is 18.4 Å². The van der Waals surface area contributed by atoms with E-state index >= 15 is 0 Å². The predicted octanol–water partition coefficient (Wildman–Crippen LogP) is 2.71. The third-order valence-electron chi connectivity index (χ3n) is 11.6. The first kappa shape index (κ1) is 18.6. The van der Waals surface area contributed by atoms with E-state index < -0.39 is 11.8 Å². The lowest BCUT2D eigenvalue weighted by Gasteiger charge is -2.67. The summed E-state index contributed by atoms with van der Waals surface area (Å²) in [5, 5.41) is 23.9. The van der Waals surface area contributed by atoms with Crippen LogP contribution in [0.4, 0.5) is 0 Å². The highest BCUT2D eigenvalue weighted by atomic mass is 16.5. The van der Waals surface area contributed by atoms with Crippen molar-refractivity contribution in [1.82, 2.24) is 4.90 Å². The average Bonchev–Trinajstić information content (AvgIpc) is 3.06.